The van der Waals surface area contributed by atoms with Crippen molar-refractivity contribution in [1.29, 1.82) is 10.8 Å². The second-order valence-corrected chi connectivity index (χ2v) is 5.67. The zero-order chi connectivity index (χ0) is 16.6. The fraction of sp³-hybridized carbons (Fsp3) is 0.118. The minimum Gasteiger partial charge on any atom is -0.331 e. The molecular weight excluding hydrogens is 312 g/mol. The Hall–Kier alpha value is -2.66. The number of carbonyl (C=O) groups excluding carboxylic acids is 1. The Bertz CT molecular complexity index is 790. The van der Waals surface area contributed by atoms with Crippen LogP contribution < -0.4 is 9.80 Å². The average molecular weight is 327 g/mol. The van der Waals surface area contributed by atoms with Gasteiger partial charge in [-0.15, -0.1) is 0 Å². The molecule has 0 spiro atoms. The zero-order valence-corrected chi connectivity index (χ0v) is 13.2. The minimum atomic E-state index is -0.939. The second-order valence-electron chi connectivity index (χ2n) is 5.23. The van der Waals surface area contributed by atoms with Crippen molar-refractivity contribution >= 4 is 46.6 Å². The number of halogens is 1. The molecule has 0 radical (unpaired) electrons. The van der Waals surface area contributed by atoms with Crippen molar-refractivity contribution in [2.45, 2.75) is 0 Å². The van der Waals surface area contributed by atoms with Crippen LogP contribution in [0.5, 0.6) is 0 Å². The Balaban J connectivity index is 2.29. The van der Waals surface area contributed by atoms with E-state index in [1.165, 1.54) is 4.90 Å². The first-order chi connectivity index (χ1) is 11.0. The Morgan fingerprint density at radius 3 is 2.48 bits per heavy atom. The lowest BCUT2D eigenvalue weighted by Crippen LogP contribution is -2.39. The van der Waals surface area contributed by atoms with Crippen molar-refractivity contribution in [2.75, 3.05) is 16.8 Å². The van der Waals surface area contributed by atoms with E-state index in [4.69, 9.17) is 22.4 Å². The largest absolute Gasteiger partial charge is 0.331 e. The monoisotopic (exact) mass is 326 g/mol. The molecule has 0 aromatic heterocycles. The number of hydrogen-bond donors (Lipinski definition) is 2. The van der Waals surface area contributed by atoms with Gasteiger partial charge in [-0.3, -0.25) is 15.1 Å². The lowest BCUT2D eigenvalue weighted by atomic mass is 10.1. The van der Waals surface area contributed by atoms with Crippen LogP contribution in [0, 0.1) is 16.7 Å². The summed E-state index contributed by atoms with van der Waals surface area (Å²) in [6, 6.07) is 14.4. The fourth-order valence-electron chi connectivity index (χ4n) is 2.67. The minimum absolute atomic E-state index is 0.0620. The molecule has 1 aliphatic rings. The fourth-order valence-corrected chi connectivity index (χ4v) is 2.83. The highest BCUT2D eigenvalue weighted by atomic mass is 35.5. The zero-order valence-electron chi connectivity index (χ0n) is 12.5. The van der Waals surface area contributed by atoms with Crippen molar-refractivity contribution in [1.82, 2.24) is 0 Å². The third kappa shape index (κ3) is 2.49. The first-order valence-electron chi connectivity index (χ1n) is 7.06. The predicted molar refractivity (Wildman–Crippen MR) is 93.4 cm³/mol. The number of nitrogens with zero attached hydrogens (tertiary/aromatic N) is 2. The number of fused-ring (bicyclic) bond motifs is 1. The van der Waals surface area contributed by atoms with Gasteiger partial charge in [0.1, 0.15) is 11.8 Å². The number of carbonyl (C=O) groups is 1. The molecule has 116 valence electrons. The summed E-state index contributed by atoms with van der Waals surface area (Å²) < 4.78 is 0. The highest BCUT2D eigenvalue weighted by Crippen LogP contribution is 2.39. The molecule has 1 atom stereocenters. The van der Waals surface area contributed by atoms with Crippen LogP contribution >= 0.6 is 11.6 Å². The first-order valence-corrected chi connectivity index (χ1v) is 7.43. The van der Waals surface area contributed by atoms with E-state index in [-0.39, 0.29) is 11.7 Å². The van der Waals surface area contributed by atoms with Crippen LogP contribution in [0.15, 0.2) is 48.5 Å². The van der Waals surface area contributed by atoms with Gasteiger partial charge in [0.05, 0.1) is 11.4 Å². The maximum Gasteiger partial charge on any atom is 0.247 e. The van der Waals surface area contributed by atoms with Crippen LogP contribution in [0.3, 0.4) is 0 Å². The van der Waals surface area contributed by atoms with Crippen molar-refractivity contribution in [3.8, 4) is 0 Å². The molecule has 1 heterocycles. The number of benzene rings is 2. The van der Waals surface area contributed by atoms with E-state index in [0.29, 0.717) is 22.1 Å². The Morgan fingerprint density at radius 1 is 1.13 bits per heavy atom. The molecule has 6 heteroatoms. The third-order valence-electron chi connectivity index (χ3n) is 3.86. The number of para-hydroxylation sites is 1. The van der Waals surface area contributed by atoms with E-state index in [2.05, 4.69) is 0 Å². The van der Waals surface area contributed by atoms with Crippen molar-refractivity contribution in [2.24, 2.45) is 5.92 Å². The molecule has 1 amide bonds. The predicted octanol–water partition coefficient (Wildman–Crippen LogP) is 3.70. The van der Waals surface area contributed by atoms with Crippen LogP contribution in [0.25, 0.3) is 0 Å². The number of anilines is 3. The molecule has 2 N–H and O–H groups in total. The Labute approximate surface area is 139 Å². The van der Waals surface area contributed by atoms with Gasteiger partial charge in [-0.1, -0.05) is 29.8 Å². The average Bonchev–Trinajstić information content (AvgIpc) is 2.62. The van der Waals surface area contributed by atoms with Gasteiger partial charge in [0.15, 0.2) is 0 Å². The molecule has 0 saturated heterocycles. The maximum atomic E-state index is 13.0. The number of amides is 1. The van der Waals surface area contributed by atoms with Crippen LogP contribution in [-0.4, -0.2) is 25.0 Å². The highest BCUT2D eigenvalue weighted by Gasteiger charge is 2.36. The quantitative estimate of drug-likeness (QED) is 0.826. The van der Waals surface area contributed by atoms with Gasteiger partial charge >= 0.3 is 0 Å². The molecule has 1 aliphatic heterocycles. The number of nitrogens with one attached hydrogen (secondary N) is 2. The van der Waals surface area contributed by atoms with Gasteiger partial charge in [0.2, 0.25) is 5.91 Å². The van der Waals surface area contributed by atoms with Crippen LogP contribution in [-0.2, 0) is 4.79 Å². The van der Waals surface area contributed by atoms with Crippen LogP contribution in [0.2, 0.25) is 5.02 Å². The summed E-state index contributed by atoms with van der Waals surface area (Å²) in [6.07, 6.45) is 1.00. The third-order valence-corrected chi connectivity index (χ3v) is 4.10. The smallest absolute Gasteiger partial charge is 0.247 e. The van der Waals surface area contributed by atoms with Crippen LogP contribution in [0.1, 0.15) is 0 Å². The van der Waals surface area contributed by atoms with E-state index in [1.54, 1.807) is 30.1 Å². The molecule has 0 aliphatic carbocycles. The lowest BCUT2D eigenvalue weighted by Gasteiger charge is -2.24. The van der Waals surface area contributed by atoms with Gasteiger partial charge in [-0.2, -0.15) is 0 Å². The molecule has 5 nitrogen and oxygen atoms in total. The van der Waals surface area contributed by atoms with Crippen molar-refractivity contribution in [3.05, 3.63) is 53.6 Å². The summed E-state index contributed by atoms with van der Waals surface area (Å²) in [7, 11) is 1.72. The van der Waals surface area contributed by atoms with Gasteiger partial charge in [-0.25, -0.2) is 0 Å². The Morgan fingerprint density at radius 2 is 1.83 bits per heavy atom. The molecular formula is C17H15ClN4O. The standard InChI is InChI=1S/C17H15ClN4O/c1-21-14-8-7-11(18)9-15(14)22(12-5-3-2-4-6-12)17(23)13(10-19)16(21)20/h2-10,13,19-20H,1H3. The molecule has 0 bridgehead atoms. The van der Waals surface area contributed by atoms with Gasteiger partial charge in [-0.05, 0) is 30.3 Å². The normalized spacial score (nSPS) is 17.7. The molecule has 2 aromatic carbocycles. The summed E-state index contributed by atoms with van der Waals surface area (Å²) in [4.78, 5) is 16.1. The van der Waals surface area contributed by atoms with Gasteiger partial charge in [0, 0.05) is 24.0 Å². The summed E-state index contributed by atoms with van der Waals surface area (Å²) in [6.45, 7) is 0. The molecule has 2 aromatic rings. The number of amidine groups is 1. The van der Waals surface area contributed by atoms with Crippen molar-refractivity contribution in [3.63, 3.8) is 0 Å². The summed E-state index contributed by atoms with van der Waals surface area (Å²) in [5.74, 6) is -1.22. The summed E-state index contributed by atoms with van der Waals surface area (Å²) in [5, 5.41) is 16.3. The van der Waals surface area contributed by atoms with E-state index in [0.717, 1.165) is 6.21 Å². The first kappa shape index (κ1) is 15.2. The molecule has 0 fully saturated rings. The van der Waals surface area contributed by atoms with Crippen molar-refractivity contribution < 1.29 is 4.79 Å². The van der Waals surface area contributed by atoms with E-state index in [9.17, 15) is 4.79 Å². The molecule has 3 rings (SSSR count). The molecule has 1 unspecified atom stereocenters. The topological polar surface area (TPSA) is 71.2 Å². The highest BCUT2D eigenvalue weighted by molar-refractivity contribution is 6.32. The lowest BCUT2D eigenvalue weighted by molar-refractivity contribution is -0.118. The van der Waals surface area contributed by atoms with Crippen LogP contribution in [0.4, 0.5) is 17.1 Å². The summed E-state index contributed by atoms with van der Waals surface area (Å²) in [5.41, 5.74) is 1.97. The second kappa shape index (κ2) is 5.85. The molecule has 23 heavy (non-hydrogen) atoms. The SMILES string of the molecule is CN1C(=N)C(C=N)C(=O)N(c2ccccc2)c2cc(Cl)ccc21. The van der Waals surface area contributed by atoms with Gasteiger partial charge < -0.3 is 10.3 Å². The number of rotatable bonds is 2. The summed E-state index contributed by atoms with van der Waals surface area (Å²) >= 11 is 6.13. The Kier molecular flexibility index (Phi) is 3.88. The van der Waals surface area contributed by atoms with E-state index < -0.39 is 5.92 Å². The van der Waals surface area contributed by atoms with Gasteiger partial charge in [0.25, 0.3) is 0 Å². The molecule has 0 saturated carbocycles. The number of hydrogen-bond acceptors (Lipinski definition) is 3. The maximum absolute atomic E-state index is 13.0. The van der Waals surface area contributed by atoms with E-state index >= 15 is 0 Å². The van der Waals surface area contributed by atoms with E-state index in [1.807, 2.05) is 30.3 Å².